The molecule has 2 aromatic rings. The van der Waals surface area contributed by atoms with Crippen LogP contribution in [0.3, 0.4) is 0 Å². The number of benzene rings is 2. The van der Waals surface area contributed by atoms with Crippen molar-refractivity contribution in [2.75, 3.05) is 6.54 Å². The lowest BCUT2D eigenvalue weighted by atomic mass is 9.89. The van der Waals surface area contributed by atoms with Crippen LogP contribution in [0.5, 0.6) is 0 Å². The predicted octanol–water partition coefficient (Wildman–Crippen LogP) is 2.24. The summed E-state index contributed by atoms with van der Waals surface area (Å²) >= 11 is 0. The van der Waals surface area contributed by atoms with E-state index in [0.717, 1.165) is 6.42 Å². The molecule has 2 aromatic carbocycles. The Hall–Kier alpha value is -1.49. The van der Waals surface area contributed by atoms with Crippen LogP contribution in [0.4, 0.5) is 0 Å². The van der Waals surface area contributed by atoms with Gasteiger partial charge >= 0.3 is 7.82 Å². The van der Waals surface area contributed by atoms with E-state index in [1.807, 2.05) is 12.1 Å². The quantitative estimate of drug-likeness (QED) is 0.648. The second-order valence-electron chi connectivity index (χ2n) is 4.46. The van der Waals surface area contributed by atoms with E-state index in [2.05, 4.69) is 48.5 Å². The maximum atomic E-state index is 8.88. The highest BCUT2D eigenvalue weighted by Gasteiger charge is 2.11. The summed E-state index contributed by atoms with van der Waals surface area (Å²) in [6.07, 6.45) is 0.994. The van der Waals surface area contributed by atoms with Gasteiger partial charge in [0.05, 0.1) is 0 Å². The predicted molar refractivity (Wildman–Crippen MR) is 82.7 cm³/mol. The van der Waals surface area contributed by atoms with Gasteiger partial charge < -0.3 is 20.4 Å². The maximum Gasteiger partial charge on any atom is 0.466 e. The normalized spacial score (nSPS) is 10.9. The summed E-state index contributed by atoms with van der Waals surface area (Å²) in [5.41, 5.74) is 8.40. The standard InChI is InChI=1S/C15H17N.H3O4P/c16-12-11-15(13-7-3-1-4-8-13)14-9-5-2-6-10-14;1-5(2,3)4/h1-10,15H,11-12,16H2;(H3,1,2,3,4). The molecule has 114 valence electrons. The number of phosphoric acid groups is 1. The SMILES string of the molecule is NCCC(c1ccccc1)c1ccccc1.O=P(O)(O)O. The molecular formula is C15H20NO4P. The third-order valence-corrected chi connectivity index (χ3v) is 2.86. The number of rotatable bonds is 4. The van der Waals surface area contributed by atoms with Crippen LogP contribution in [-0.2, 0) is 4.57 Å². The van der Waals surface area contributed by atoms with E-state index in [-0.39, 0.29) is 0 Å². The lowest BCUT2D eigenvalue weighted by molar-refractivity contribution is 0.275. The molecule has 2 rings (SSSR count). The molecule has 5 N–H and O–H groups in total. The van der Waals surface area contributed by atoms with Gasteiger partial charge in [0.2, 0.25) is 0 Å². The van der Waals surface area contributed by atoms with Crippen molar-refractivity contribution in [1.82, 2.24) is 0 Å². The van der Waals surface area contributed by atoms with E-state index < -0.39 is 7.82 Å². The lowest BCUT2D eigenvalue weighted by Crippen LogP contribution is -2.08. The molecule has 0 unspecified atom stereocenters. The average molecular weight is 309 g/mol. The minimum Gasteiger partial charge on any atom is -0.330 e. The van der Waals surface area contributed by atoms with Crippen LogP contribution < -0.4 is 5.73 Å². The third kappa shape index (κ3) is 7.75. The van der Waals surface area contributed by atoms with Crippen LogP contribution >= 0.6 is 7.82 Å². The Kier molecular flexibility index (Phi) is 7.29. The number of hydrogen-bond acceptors (Lipinski definition) is 2. The van der Waals surface area contributed by atoms with Crippen molar-refractivity contribution in [3.63, 3.8) is 0 Å². The molecule has 0 spiro atoms. The van der Waals surface area contributed by atoms with Crippen molar-refractivity contribution < 1.29 is 19.2 Å². The van der Waals surface area contributed by atoms with Gasteiger partial charge in [-0.1, -0.05) is 60.7 Å². The highest BCUT2D eigenvalue weighted by molar-refractivity contribution is 7.45. The van der Waals surface area contributed by atoms with Gasteiger partial charge in [0, 0.05) is 5.92 Å². The second-order valence-corrected chi connectivity index (χ2v) is 5.49. The van der Waals surface area contributed by atoms with Crippen LogP contribution in [-0.4, -0.2) is 21.2 Å². The molecular weight excluding hydrogens is 289 g/mol. The van der Waals surface area contributed by atoms with Crippen LogP contribution in [0, 0.1) is 0 Å². The van der Waals surface area contributed by atoms with Gasteiger partial charge in [0.15, 0.2) is 0 Å². The first-order chi connectivity index (χ1) is 9.92. The monoisotopic (exact) mass is 309 g/mol. The Morgan fingerprint density at radius 1 is 0.857 bits per heavy atom. The summed E-state index contributed by atoms with van der Waals surface area (Å²) in [6, 6.07) is 21.1. The molecule has 0 atom stereocenters. The highest BCUT2D eigenvalue weighted by Crippen LogP contribution is 2.27. The summed E-state index contributed by atoms with van der Waals surface area (Å²) < 4.78 is 8.88. The van der Waals surface area contributed by atoms with E-state index in [4.69, 9.17) is 25.0 Å². The molecule has 0 saturated carbocycles. The van der Waals surface area contributed by atoms with E-state index in [0.29, 0.717) is 12.5 Å². The Balaban J connectivity index is 0.000000383. The van der Waals surface area contributed by atoms with Gasteiger partial charge in [0.25, 0.3) is 0 Å². The summed E-state index contributed by atoms with van der Waals surface area (Å²) in [5, 5.41) is 0. The molecule has 0 aromatic heterocycles. The molecule has 0 aliphatic rings. The van der Waals surface area contributed by atoms with Gasteiger partial charge in [-0.25, -0.2) is 4.57 Å². The fourth-order valence-corrected chi connectivity index (χ4v) is 2.06. The van der Waals surface area contributed by atoms with Crippen LogP contribution in [0.1, 0.15) is 23.5 Å². The van der Waals surface area contributed by atoms with Gasteiger partial charge in [-0.05, 0) is 24.1 Å². The van der Waals surface area contributed by atoms with Gasteiger partial charge in [0.1, 0.15) is 0 Å². The van der Waals surface area contributed by atoms with Crippen molar-refractivity contribution in [3.05, 3.63) is 71.8 Å². The lowest BCUT2D eigenvalue weighted by Gasteiger charge is -2.16. The molecule has 0 amide bonds. The van der Waals surface area contributed by atoms with Crippen LogP contribution in [0.15, 0.2) is 60.7 Å². The molecule has 0 saturated heterocycles. The van der Waals surface area contributed by atoms with E-state index in [9.17, 15) is 0 Å². The Labute approximate surface area is 124 Å². The minimum absolute atomic E-state index is 0.424. The van der Waals surface area contributed by atoms with Crippen LogP contribution in [0.25, 0.3) is 0 Å². The van der Waals surface area contributed by atoms with Crippen molar-refractivity contribution in [2.24, 2.45) is 5.73 Å². The Morgan fingerprint density at radius 2 is 1.19 bits per heavy atom. The molecule has 0 bridgehead atoms. The molecule has 5 nitrogen and oxygen atoms in total. The first-order valence-corrected chi connectivity index (χ1v) is 8.06. The fourth-order valence-electron chi connectivity index (χ4n) is 2.06. The molecule has 0 aliphatic heterocycles. The molecule has 0 aliphatic carbocycles. The molecule has 0 heterocycles. The second kappa shape index (κ2) is 8.72. The molecule has 0 radical (unpaired) electrons. The summed E-state index contributed by atoms with van der Waals surface area (Å²) in [6.45, 7) is 0.717. The van der Waals surface area contributed by atoms with Gasteiger partial charge in [-0.15, -0.1) is 0 Å². The first-order valence-electron chi connectivity index (χ1n) is 6.50. The maximum absolute atomic E-state index is 8.88. The van der Waals surface area contributed by atoms with E-state index >= 15 is 0 Å². The third-order valence-electron chi connectivity index (χ3n) is 2.86. The zero-order chi connectivity index (χ0) is 15.7. The number of nitrogens with two attached hydrogens (primary N) is 1. The Bertz CT molecular complexity index is 509. The molecule has 6 heteroatoms. The van der Waals surface area contributed by atoms with Crippen LogP contribution in [0.2, 0.25) is 0 Å². The van der Waals surface area contributed by atoms with Gasteiger partial charge in [-0.3, -0.25) is 0 Å². The summed E-state index contributed by atoms with van der Waals surface area (Å²) in [7, 11) is -4.64. The highest BCUT2D eigenvalue weighted by atomic mass is 31.2. The van der Waals surface area contributed by atoms with Crippen molar-refractivity contribution in [3.8, 4) is 0 Å². The summed E-state index contributed by atoms with van der Waals surface area (Å²) in [4.78, 5) is 21.6. The van der Waals surface area contributed by atoms with E-state index in [1.165, 1.54) is 11.1 Å². The zero-order valence-corrected chi connectivity index (χ0v) is 12.4. The Morgan fingerprint density at radius 3 is 1.48 bits per heavy atom. The van der Waals surface area contributed by atoms with Crippen molar-refractivity contribution in [2.45, 2.75) is 12.3 Å². The molecule has 21 heavy (non-hydrogen) atoms. The number of hydrogen-bond donors (Lipinski definition) is 4. The van der Waals surface area contributed by atoms with Gasteiger partial charge in [-0.2, -0.15) is 0 Å². The topological polar surface area (TPSA) is 104 Å². The summed E-state index contributed by atoms with van der Waals surface area (Å²) in [5.74, 6) is 0.424. The zero-order valence-electron chi connectivity index (χ0n) is 11.5. The fraction of sp³-hybridized carbons (Fsp3) is 0.200. The molecule has 0 fully saturated rings. The van der Waals surface area contributed by atoms with Crippen molar-refractivity contribution >= 4 is 7.82 Å². The average Bonchev–Trinajstić information content (AvgIpc) is 2.45. The van der Waals surface area contributed by atoms with Crippen molar-refractivity contribution in [1.29, 1.82) is 0 Å². The largest absolute Gasteiger partial charge is 0.466 e. The minimum atomic E-state index is -4.64. The van der Waals surface area contributed by atoms with E-state index in [1.54, 1.807) is 0 Å². The first kappa shape index (κ1) is 17.6. The smallest absolute Gasteiger partial charge is 0.330 e.